The van der Waals surface area contributed by atoms with Crippen LogP contribution in [0.4, 0.5) is 0 Å². The zero-order chi connectivity index (χ0) is 8.10. The van der Waals surface area contributed by atoms with Gasteiger partial charge in [0.15, 0.2) is 6.07 Å². The molecule has 0 amide bonds. The number of pyridine rings is 1. The maximum absolute atomic E-state index is 8.15. The van der Waals surface area contributed by atoms with E-state index in [1.165, 1.54) is 0 Å². The first-order valence-corrected chi connectivity index (χ1v) is 3.15. The van der Waals surface area contributed by atoms with Crippen LogP contribution in [-0.4, -0.2) is 4.98 Å². The van der Waals surface area contributed by atoms with Gasteiger partial charge >= 0.3 is 0 Å². The van der Waals surface area contributed by atoms with E-state index in [0.717, 1.165) is 5.56 Å². The Labute approximate surface area is 65.5 Å². The monoisotopic (exact) mass is 142 g/mol. The third-order valence-corrected chi connectivity index (χ3v) is 1.16. The molecular weight excluding hydrogens is 136 g/mol. The molecule has 0 aliphatic heterocycles. The molecule has 1 aromatic heterocycles. The first-order chi connectivity index (χ1) is 5.33. The smallest absolute Gasteiger partial charge is 0.152 e. The van der Waals surface area contributed by atoms with Gasteiger partial charge in [0.05, 0.1) is 0 Å². The molecule has 0 fully saturated rings. The molecule has 0 saturated carbocycles. The van der Waals surface area contributed by atoms with E-state index in [9.17, 15) is 0 Å². The number of aryl methyl sites for hydroxylation is 1. The average molecular weight is 142 g/mol. The molecule has 1 rings (SSSR count). The molecule has 0 atom stereocenters. The minimum absolute atomic E-state index is 0.645. The lowest BCUT2D eigenvalue weighted by atomic mass is 10.2. The van der Waals surface area contributed by atoms with Crippen molar-refractivity contribution < 1.29 is 0 Å². The van der Waals surface area contributed by atoms with Crippen LogP contribution in [0.2, 0.25) is 0 Å². The van der Waals surface area contributed by atoms with Crippen LogP contribution in [0.3, 0.4) is 0 Å². The molecule has 0 unspecified atom stereocenters. The van der Waals surface area contributed by atoms with Gasteiger partial charge < -0.3 is 0 Å². The van der Waals surface area contributed by atoms with Crippen molar-refractivity contribution in [2.24, 2.45) is 0 Å². The molecule has 0 aromatic carbocycles. The van der Waals surface area contributed by atoms with E-state index < -0.39 is 0 Å². The lowest BCUT2D eigenvalue weighted by Crippen LogP contribution is -1.81. The van der Waals surface area contributed by atoms with E-state index in [2.05, 4.69) is 16.8 Å². The first kappa shape index (κ1) is 7.31. The summed E-state index contributed by atoms with van der Waals surface area (Å²) in [6.07, 6.45) is 1.68. The van der Waals surface area contributed by atoms with Crippen molar-refractivity contribution in [3.05, 3.63) is 29.6 Å². The van der Waals surface area contributed by atoms with Crippen molar-refractivity contribution >= 4 is 0 Å². The Hall–Kier alpha value is -1.80. The van der Waals surface area contributed by atoms with E-state index >= 15 is 0 Å². The SMILES string of the molecule is Cc1ccnc(C#CC#N)c1. The molecule has 1 aromatic rings. The molecule has 2 nitrogen and oxygen atoms in total. The Morgan fingerprint density at radius 3 is 3.00 bits per heavy atom. The van der Waals surface area contributed by atoms with Crippen molar-refractivity contribution in [2.75, 3.05) is 0 Å². The minimum Gasteiger partial charge on any atom is -0.248 e. The summed E-state index contributed by atoms with van der Waals surface area (Å²) in [6.45, 7) is 1.96. The van der Waals surface area contributed by atoms with Crippen molar-refractivity contribution in [2.45, 2.75) is 6.92 Å². The Morgan fingerprint density at radius 1 is 1.55 bits per heavy atom. The van der Waals surface area contributed by atoms with Crippen molar-refractivity contribution in [3.63, 3.8) is 0 Å². The highest BCUT2D eigenvalue weighted by Crippen LogP contribution is 1.96. The largest absolute Gasteiger partial charge is 0.248 e. The van der Waals surface area contributed by atoms with Crippen LogP contribution in [-0.2, 0) is 0 Å². The minimum atomic E-state index is 0.645. The third kappa shape index (κ3) is 2.12. The summed E-state index contributed by atoms with van der Waals surface area (Å²) >= 11 is 0. The fourth-order valence-corrected chi connectivity index (χ4v) is 0.697. The summed E-state index contributed by atoms with van der Waals surface area (Å²) in [7, 11) is 0. The van der Waals surface area contributed by atoms with Gasteiger partial charge in [-0.25, -0.2) is 4.98 Å². The summed E-state index contributed by atoms with van der Waals surface area (Å²) in [4.78, 5) is 3.95. The van der Waals surface area contributed by atoms with Gasteiger partial charge in [0.2, 0.25) is 0 Å². The molecule has 0 aliphatic rings. The zero-order valence-electron chi connectivity index (χ0n) is 6.13. The van der Waals surface area contributed by atoms with Crippen LogP contribution in [0, 0.1) is 30.1 Å². The number of hydrogen-bond donors (Lipinski definition) is 0. The molecule has 0 aliphatic carbocycles. The highest BCUT2D eigenvalue weighted by molar-refractivity contribution is 5.34. The van der Waals surface area contributed by atoms with Gasteiger partial charge in [-0.1, -0.05) is 0 Å². The summed E-state index contributed by atoms with van der Waals surface area (Å²) in [5.74, 6) is 4.90. The van der Waals surface area contributed by atoms with Gasteiger partial charge in [0.1, 0.15) is 5.69 Å². The zero-order valence-corrected chi connectivity index (χ0v) is 6.13. The van der Waals surface area contributed by atoms with Gasteiger partial charge in [-0.15, -0.1) is 0 Å². The normalized spacial score (nSPS) is 7.64. The van der Waals surface area contributed by atoms with Gasteiger partial charge in [-0.2, -0.15) is 5.26 Å². The van der Waals surface area contributed by atoms with Crippen molar-refractivity contribution in [1.29, 1.82) is 5.26 Å². The van der Waals surface area contributed by atoms with Gasteiger partial charge in [0.25, 0.3) is 0 Å². The molecular formula is C9H6N2. The second kappa shape index (κ2) is 3.39. The van der Waals surface area contributed by atoms with Crippen LogP contribution in [0.5, 0.6) is 0 Å². The third-order valence-electron chi connectivity index (χ3n) is 1.16. The second-order valence-corrected chi connectivity index (χ2v) is 2.08. The maximum Gasteiger partial charge on any atom is 0.152 e. The average Bonchev–Trinajstić information content (AvgIpc) is 2.01. The Kier molecular flexibility index (Phi) is 2.25. The number of aromatic nitrogens is 1. The molecule has 0 spiro atoms. The van der Waals surface area contributed by atoms with E-state index in [1.54, 1.807) is 12.3 Å². The van der Waals surface area contributed by atoms with Crippen LogP contribution in [0.1, 0.15) is 11.3 Å². The number of nitriles is 1. The number of hydrogen-bond acceptors (Lipinski definition) is 2. The maximum atomic E-state index is 8.15. The van der Waals surface area contributed by atoms with Crippen LogP contribution in [0.25, 0.3) is 0 Å². The number of nitrogens with zero attached hydrogens (tertiary/aromatic N) is 2. The molecule has 1 heterocycles. The van der Waals surface area contributed by atoms with E-state index in [4.69, 9.17) is 5.26 Å². The fraction of sp³-hybridized carbons (Fsp3) is 0.111. The molecule has 2 heteroatoms. The summed E-state index contributed by atoms with van der Waals surface area (Å²) in [6, 6.07) is 5.46. The van der Waals surface area contributed by atoms with E-state index in [1.807, 2.05) is 19.1 Å². The molecule has 0 radical (unpaired) electrons. The van der Waals surface area contributed by atoms with Gasteiger partial charge in [0, 0.05) is 12.1 Å². The molecule has 11 heavy (non-hydrogen) atoms. The second-order valence-electron chi connectivity index (χ2n) is 2.08. The highest BCUT2D eigenvalue weighted by Gasteiger charge is 1.86. The van der Waals surface area contributed by atoms with E-state index in [0.29, 0.717) is 5.69 Å². The Balaban J connectivity index is 2.99. The molecule has 0 bridgehead atoms. The van der Waals surface area contributed by atoms with Crippen LogP contribution < -0.4 is 0 Å². The molecule has 0 saturated heterocycles. The predicted octanol–water partition coefficient (Wildman–Crippen LogP) is 1.27. The first-order valence-electron chi connectivity index (χ1n) is 3.15. The van der Waals surface area contributed by atoms with Crippen molar-refractivity contribution in [1.82, 2.24) is 4.98 Å². The lowest BCUT2D eigenvalue weighted by Gasteiger charge is -1.89. The summed E-state index contributed by atoms with van der Waals surface area (Å²) in [5, 5.41) is 8.15. The summed E-state index contributed by atoms with van der Waals surface area (Å²) < 4.78 is 0. The number of rotatable bonds is 0. The predicted molar refractivity (Wildman–Crippen MR) is 41.5 cm³/mol. The van der Waals surface area contributed by atoms with E-state index in [-0.39, 0.29) is 0 Å². The quantitative estimate of drug-likeness (QED) is 0.511. The molecule has 52 valence electrons. The highest BCUT2D eigenvalue weighted by atomic mass is 14.6. The van der Waals surface area contributed by atoms with Gasteiger partial charge in [-0.3, -0.25) is 0 Å². The van der Waals surface area contributed by atoms with Crippen molar-refractivity contribution in [3.8, 4) is 17.9 Å². The fourth-order valence-electron chi connectivity index (χ4n) is 0.697. The summed E-state index contributed by atoms with van der Waals surface area (Å²) in [5.41, 5.74) is 1.74. The lowest BCUT2D eigenvalue weighted by molar-refractivity contribution is 1.25. The Morgan fingerprint density at radius 2 is 2.36 bits per heavy atom. The Bertz CT molecular complexity index is 350. The van der Waals surface area contributed by atoms with Crippen LogP contribution >= 0.6 is 0 Å². The van der Waals surface area contributed by atoms with Gasteiger partial charge in [-0.05, 0) is 30.5 Å². The molecule has 0 N–H and O–H groups in total. The van der Waals surface area contributed by atoms with Crippen LogP contribution in [0.15, 0.2) is 18.3 Å². The standard InChI is InChI=1S/C9H6N2/c1-8-4-6-11-9(7-8)3-2-5-10/h4,6-7H,1H3. The topological polar surface area (TPSA) is 36.7 Å².